The lowest BCUT2D eigenvalue weighted by Gasteiger charge is -2.29. The predicted molar refractivity (Wildman–Crippen MR) is 122 cm³/mol. The zero-order valence-corrected chi connectivity index (χ0v) is 20.3. The van der Waals surface area contributed by atoms with Crippen molar-refractivity contribution in [3.05, 3.63) is 34.9 Å². The SMILES string of the molecule is CN(C(=O)CNC[C@H]1CC[C@H](CNC(=O)c2cc(C(F)(F)F)cc(C(F)(F)F)c2)CC1)C1CCCC1. The monoisotopic (exact) mass is 521 g/mol. The van der Waals surface area contributed by atoms with Gasteiger partial charge in [0.05, 0.1) is 17.7 Å². The van der Waals surface area contributed by atoms with Crippen LogP contribution in [-0.2, 0) is 17.1 Å². The van der Waals surface area contributed by atoms with Crippen LogP contribution in [0.1, 0.15) is 72.9 Å². The number of carbonyl (C=O) groups excluding carboxylic acids is 2. The van der Waals surface area contributed by atoms with Gasteiger partial charge in [0.1, 0.15) is 0 Å². The molecule has 2 N–H and O–H groups in total. The Hall–Kier alpha value is -2.30. The van der Waals surface area contributed by atoms with Crippen LogP contribution >= 0.6 is 0 Å². The molecule has 0 heterocycles. The van der Waals surface area contributed by atoms with E-state index in [1.165, 1.54) is 0 Å². The van der Waals surface area contributed by atoms with Crippen molar-refractivity contribution < 1.29 is 35.9 Å². The fraction of sp³-hybridized carbons (Fsp3) is 0.680. The van der Waals surface area contributed by atoms with Crippen molar-refractivity contribution in [2.45, 2.75) is 69.8 Å². The fourth-order valence-electron chi connectivity index (χ4n) is 5.07. The second-order valence-electron chi connectivity index (χ2n) is 9.97. The summed E-state index contributed by atoms with van der Waals surface area (Å²) in [5, 5.41) is 5.73. The van der Waals surface area contributed by atoms with Gasteiger partial charge in [0.15, 0.2) is 0 Å². The molecule has 0 atom stereocenters. The van der Waals surface area contributed by atoms with Crippen LogP contribution in [0.3, 0.4) is 0 Å². The van der Waals surface area contributed by atoms with Gasteiger partial charge in [-0.3, -0.25) is 9.59 Å². The maximum atomic E-state index is 13.0. The van der Waals surface area contributed by atoms with Crippen molar-refractivity contribution in [1.82, 2.24) is 15.5 Å². The van der Waals surface area contributed by atoms with Gasteiger partial charge in [-0.1, -0.05) is 12.8 Å². The molecule has 36 heavy (non-hydrogen) atoms. The minimum absolute atomic E-state index is 0.00638. The topological polar surface area (TPSA) is 61.4 Å². The van der Waals surface area contributed by atoms with Gasteiger partial charge in [-0.25, -0.2) is 0 Å². The number of amides is 2. The molecule has 2 amide bonds. The summed E-state index contributed by atoms with van der Waals surface area (Å²) in [4.78, 5) is 26.5. The number of rotatable bonds is 8. The van der Waals surface area contributed by atoms with Crippen molar-refractivity contribution in [3.63, 3.8) is 0 Å². The van der Waals surface area contributed by atoms with E-state index in [0.717, 1.165) is 51.4 Å². The Morgan fingerprint density at radius 3 is 1.83 bits per heavy atom. The third-order valence-electron chi connectivity index (χ3n) is 7.34. The van der Waals surface area contributed by atoms with Crippen LogP contribution in [0.25, 0.3) is 0 Å². The minimum Gasteiger partial charge on any atom is -0.352 e. The lowest BCUT2D eigenvalue weighted by molar-refractivity contribution is -0.143. The summed E-state index contributed by atoms with van der Waals surface area (Å²) in [6.07, 6.45) is -2.29. The van der Waals surface area contributed by atoms with E-state index >= 15 is 0 Å². The van der Waals surface area contributed by atoms with E-state index in [2.05, 4.69) is 10.6 Å². The molecule has 1 aromatic rings. The van der Waals surface area contributed by atoms with Crippen molar-refractivity contribution in [2.24, 2.45) is 11.8 Å². The number of benzene rings is 1. The molecule has 0 bridgehead atoms. The molecule has 11 heteroatoms. The molecule has 0 spiro atoms. The Kier molecular flexibility index (Phi) is 9.29. The van der Waals surface area contributed by atoms with E-state index in [1.54, 1.807) is 0 Å². The van der Waals surface area contributed by atoms with Gasteiger partial charge in [0.2, 0.25) is 5.91 Å². The molecular formula is C25H33F6N3O2. The van der Waals surface area contributed by atoms with Crippen molar-refractivity contribution in [2.75, 3.05) is 26.7 Å². The van der Waals surface area contributed by atoms with E-state index in [4.69, 9.17) is 0 Å². The first-order valence-corrected chi connectivity index (χ1v) is 12.4. The van der Waals surface area contributed by atoms with Crippen molar-refractivity contribution in [3.8, 4) is 0 Å². The van der Waals surface area contributed by atoms with Crippen LogP contribution in [0.5, 0.6) is 0 Å². The maximum absolute atomic E-state index is 13.0. The Morgan fingerprint density at radius 1 is 0.833 bits per heavy atom. The quantitative estimate of drug-likeness (QED) is 0.460. The lowest BCUT2D eigenvalue weighted by Crippen LogP contribution is -2.42. The lowest BCUT2D eigenvalue weighted by atomic mass is 9.82. The molecule has 1 aromatic carbocycles. The third-order valence-corrected chi connectivity index (χ3v) is 7.34. The molecule has 0 aromatic heterocycles. The van der Waals surface area contributed by atoms with Crippen molar-refractivity contribution in [1.29, 1.82) is 0 Å². The fourth-order valence-corrected chi connectivity index (χ4v) is 5.07. The van der Waals surface area contributed by atoms with E-state index in [1.807, 2.05) is 11.9 Å². The maximum Gasteiger partial charge on any atom is 0.416 e. The van der Waals surface area contributed by atoms with Crippen LogP contribution in [-0.4, -0.2) is 49.4 Å². The molecule has 2 fully saturated rings. The average molecular weight is 522 g/mol. The number of likely N-dealkylation sites (N-methyl/N-ethyl adjacent to an activating group) is 1. The molecule has 202 valence electrons. The average Bonchev–Trinajstić information content (AvgIpc) is 3.36. The standard InChI is InChI=1S/C25H33F6N3O2/c1-34(21-4-2-3-5-21)22(35)15-32-13-16-6-8-17(9-7-16)14-33-23(36)18-10-19(24(26,27)28)12-20(11-18)25(29,30)31/h10-12,16-17,21,32H,2-9,13-15H2,1H3,(H,33,36)/t16-,17-. The van der Waals surface area contributed by atoms with E-state index in [0.29, 0.717) is 37.2 Å². The molecular weight excluding hydrogens is 488 g/mol. The summed E-state index contributed by atoms with van der Waals surface area (Å²) < 4.78 is 78.2. The molecule has 3 rings (SSSR count). The highest BCUT2D eigenvalue weighted by Crippen LogP contribution is 2.36. The minimum atomic E-state index is -5.00. The first-order valence-electron chi connectivity index (χ1n) is 12.4. The van der Waals surface area contributed by atoms with Crippen LogP contribution < -0.4 is 10.6 Å². The van der Waals surface area contributed by atoms with E-state index in [-0.39, 0.29) is 24.4 Å². The number of nitrogens with one attached hydrogen (secondary N) is 2. The first-order chi connectivity index (χ1) is 16.8. The van der Waals surface area contributed by atoms with Gasteiger partial charge in [0.25, 0.3) is 5.91 Å². The highest BCUT2D eigenvalue weighted by Gasteiger charge is 2.37. The number of carbonyl (C=O) groups is 2. The predicted octanol–water partition coefficient (Wildman–Crippen LogP) is 5.25. The zero-order chi connectivity index (χ0) is 26.5. The molecule has 2 aliphatic carbocycles. The largest absolute Gasteiger partial charge is 0.416 e. The molecule has 0 unspecified atom stereocenters. The van der Waals surface area contributed by atoms with Crippen LogP contribution in [0.2, 0.25) is 0 Å². The van der Waals surface area contributed by atoms with Crippen LogP contribution in [0, 0.1) is 11.8 Å². The molecule has 0 aliphatic heterocycles. The smallest absolute Gasteiger partial charge is 0.352 e. The van der Waals surface area contributed by atoms with Gasteiger partial charge >= 0.3 is 12.4 Å². The summed E-state index contributed by atoms with van der Waals surface area (Å²) in [6.45, 7) is 1.18. The van der Waals surface area contributed by atoms with Crippen LogP contribution in [0.4, 0.5) is 26.3 Å². The Morgan fingerprint density at radius 2 is 1.33 bits per heavy atom. The van der Waals surface area contributed by atoms with Gasteiger partial charge in [-0.15, -0.1) is 0 Å². The molecule has 5 nitrogen and oxygen atoms in total. The summed E-state index contributed by atoms with van der Waals surface area (Å²) in [7, 11) is 1.85. The summed E-state index contributed by atoms with van der Waals surface area (Å²) >= 11 is 0. The molecule has 2 aliphatic rings. The number of nitrogens with zero attached hydrogens (tertiary/aromatic N) is 1. The molecule has 0 saturated heterocycles. The van der Waals surface area contributed by atoms with Crippen molar-refractivity contribution >= 4 is 11.8 Å². The number of halogens is 6. The Balaban J connectivity index is 1.42. The Bertz CT molecular complexity index is 872. The molecule has 0 radical (unpaired) electrons. The number of alkyl halides is 6. The normalized spacial score (nSPS) is 21.4. The number of hydrogen-bond acceptors (Lipinski definition) is 3. The second-order valence-corrected chi connectivity index (χ2v) is 9.97. The summed E-state index contributed by atoms with van der Waals surface area (Å²) in [6, 6.07) is 1.23. The highest BCUT2D eigenvalue weighted by atomic mass is 19.4. The van der Waals surface area contributed by atoms with Gasteiger partial charge < -0.3 is 15.5 Å². The number of hydrogen-bond donors (Lipinski definition) is 2. The van der Waals surface area contributed by atoms with Gasteiger partial charge in [-0.05, 0) is 75.1 Å². The van der Waals surface area contributed by atoms with Crippen LogP contribution in [0.15, 0.2) is 18.2 Å². The van der Waals surface area contributed by atoms with Gasteiger partial charge in [-0.2, -0.15) is 26.3 Å². The highest BCUT2D eigenvalue weighted by molar-refractivity contribution is 5.94. The second kappa shape index (κ2) is 11.8. The third kappa shape index (κ3) is 7.85. The van der Waals surface area contributed by atoms with E-state index in [9.17, 15) is 35.9 Å². The summed E-state index contributed by atoms with van der Waals surface area (Å²) in [5.41, 5.74) is -3.69. The molecule has 2 saturated carbocycles. The van der Waals surface area contributed by atoms with Gasteiger partial charge in [0, 0.05) is 25.2 Å². The first kappa shape index (κ1) is 28.3. The Labute approximate surface area is 207 Å². The summed E-state index contributed by atoms with van der Waals surface area (Å²) in [5.74, 6) is -0.408. The zero-order valence-electron chi connectivity index (χ0n) is 20.3. The van der Waals surface area contributed by atoms with E-state index < -0.39 is 35.0 Å².